The first-order valence-corrected chi connectivity index (χ1v) is 6.52. The van der Waals surface area contributed by atoms with Gasteiger partial charge in [0.1, 0.15) is 0 Å². The molecule has 1 aromatic rings. The van der Waals surface area contributed by atoms with Crippen molar-refractivity contribution in [1.29, 1.82) is 0 Å². The fourth-order valence-electron chi connectivity index (χ4n) is 1.79. The fraction of sp³-hybridized carbons (Fsp3) is 0.467. The Labute approximate surface area is 114 Å². The van der Waals surface area contributed by atoms with Gasteiger partial charge in [-0.25, -0.2) is 0 Å². The van der Waals surface area contributed by atoms with Gasteiger partial charge in [0, 0.05) is 13.5 Å². The van der Waals surface area contributed by atoms with Gasteiger partial charge in [0.25, 0.3) is 0 Å². The second-order valence-electron chi connectivity index (χ2n) is 4.40. The van der Waals surface area contributed by atoms with E-state index in [1.54, 1.807) is 18.9 Å². The number of carbonyl (C=O) groups excluding carboxylic acids is 2. The highest BCUT2D eigenvalue weighted by molar-refractivity contribution is 5.81. The summed E-state index contributed by atoms with van der Waals surface area (Å²) in [7, 11) is 1.76. The topological polar surface area (TPSA) is 46.6 Å². The zero-order chi connectivity index (χ0) is 14.3. The number of rotatable bonds is 6. The number of carbonyl (C=O) groups is 2. The SMILES string of the molecule is CCOC(=O)CCC(=O)N(C)C(C)c1ccccc1. The second-order valence-corrected chi connectivity index (χ2v) is 4.40. The molecule has 4 nitrogen and oxygen atoms in total. The molecule has 1 aromatic carbocycles. The van der Waals surface area contributed by atoms with E-state index in [2.05, 4.69) is 0 Å². The average molecular weight is 263 g/mol. The lowest BCUT2D eigenvalue weighted by Crippen LogP contribution is -2.30. The van der Waals surface area contributed by atoms with E-state index in [0.717, 1.165) is 5.56 Å². The Morgan fingerprint density at radius 2 is 1.84 bits per heavy atom. The molecule has 0 saturated carbocycles. The smallest absolute Gasteiger partial charge is 0.306 e. The molecule has 104 valence electrons. The van der Waals surface area contributed by atoms with Crippen molar-refractivity contribution in [2.24, 2.45) is 0 Å². The molecule has 4 heteroatoms. The Morgan fingerprint density at radius 1 is 1.21 bits per heavy atom. The summed E-state index contributed by atoms with van der Waals surface area (Å²) in [5.41, 5.74) is 1.08. The van der Waals surface area contributed by atoms with Gasteiger partial charge in [-0.2, -0.15) is 0 Å². The van der Waals surface area contributed by atoms with Gasteiger partial charge in [-0.05, 0) is 19.4 Å². The highest BCUT2D eigenvalue weighted by Crippen LogP contribution is 2.19. The predicted octanol–water partition coefficient (Wildman–Crippen LogP) is 2.55. The number of amides is 1. The van der Waals surface area contributed by atoms with Crippen LogP contribution in [0.5, 0.6) is 0 Å². The van der Waals surface area contributed by atoms with Crippen molar-refractivity contribution < 1.29 is 14.3 Å². The summed E-state index contributed by atoms with van der Waals surface area (Å²) in [6, 6.07) is 9.81. The van der Waals surface area contributed by atoms with Gasteiger partial charge in [-0.3, -0.25) is 9.59 Å². The standard InChI is InChI=1S/C15H21NO3/c1-4-19-15(18)11-10-14(17)16(3)12(2)13-8-6-5-7-9-13/h5-9,12H,4,10-11H2,1-3H3. The number of nitrogens with zero attached hydrogens (tertiary/aromatic N) is 1. The van der Waals surface area contributed by atoms with Gasteiger partial charge in [0.15, 0.2) is 0 Å². The summed E-state index contributed by atoms with van der Waals surface area (Å²) in [4.78, 5) is 24.9. The summed E-state index contributed by atoms with van der Waals surface area (Å²) in [5, 5.41) is 0. The maximum atomic E-state index is 12.0. The second kappa shape index (κ2) is 7.56. The molecule has 0 radical (unpaired) electrons. The van der Waals surface area contributed by atoms with Gasteiger partial charge in [0.05, 0.1) is 19.1 Å². The molecule has 0 aliphatic carbocycles. The Morgan fingerprint density at radius 3 is 2.42 bits per heavy atom. The molecule has 0 aromatic heterocycles. The summed E-state index contributed by atoms with van der Waals surface area (Å²) in [6.45, 7) is 4.07. The summed E-state index contributed by atoms with van der Waals surface area (Å²) in [5.74, 6) is -0.374. The van der Waals surface area contributed by atoms with Crippen molar-refractivity contribution in [2.75, 3.05) is 13.7 Å². The molecule has 0 N–H and O–H groups in total. The third-order valence-electron chi connectivity index (χ3n) is 3.10. The van der Waals surface area contributed by atoms with E-state index < -0.39 is 0 Å². The van der Waals surface area contributed by atoms with E-state index in [1.165, 1.54) is 0 Å². The number of ether oxygens (including phenoxy) is 1. The lowest BCUT2D eigenvalue weighted by Gasteiger charge is -2.25. The van der Waals surface area contributed by atoms with E-state index in [9.17, 15) is 9.59 Å². The van der Waals surface area contributed by atoms with E-state index in [0.29, 0.717) is 6.61 Å². The van der Waals surface area contributed by atoms with Gasteiger partial charge in [0.2, 0.25) is 5.91 Å². The van der Waals surface area contributed by atoms with Crippen LogP contribution in [0, 0.1) is 0 Å². The first-order chi connectivity index (χ1) is 9.06. The van der Waals surface area contributed by atoms with Crippen LogP contribution in [0.1, 0.15) is 38.3 Å². The largest absolute Gasteiger partial charge is 0.466 e. The van der Waals surface area contributed by atoms with Crippen LogP contribution in [0.15, 0.2) is 30.3 Å². The minimum absolute atomic E-state index is 0.00380. The number of benzene rings is 1. The molecular weight excluding hydrogens is 242 g/mol. The molecule has 0 fully saturated rings. The van der Waals surface area contributed by atoms with Gasteiger partial charge < -0.3 is 9.64 Å². The van der Waals surface area contributed by atoms with Crippen molar-refractivity contribution >= 4 is 11.9 Å². The van der Waals surface area contributed by atoms with Crippen LogP contribution in [0.25, 0.3) is 0 Å². The molecular formula is C15H21NO3. The van der Waals surface area contributed by atoms with Crippen LogP contribution in [0.4, 0.5) is 0 Å². The Hall–Kier alpha value is -1.84. The van der Waals surface area contributed by atoms with E-state index >= 15 is 0 Å². The highest BCUT2D eigenvalue weighted by Gasteiger charge is 2.18. The molecule has 0 heterocycles. The molecule has 19 heavy (non-hydrogen) atoms. The molecule has 1 rings (SSSR count). The summed E-state index contributed by atoms with van der Waals surface area (Å²) >= 11 is 0. The molecule has 1 unspecified atom stereocenters. The number of esters is 1. The quantitative estimate of drug-likeness (QED) is 0.741. The predicted molar refractivity (Wildman–Crippen MR) is 73.5 cm³/mol. The Balaban J connectivity index is 2.50. The van der Waals surface area contributed by atoms with Crippen LogP contribution in [-0.2, 0) is 14.3 Å². The van der Waals surface area contributed by atoms with Crippen molar-refractivity contribution in [3.63, 3.8) is 0 Å². The zero-order valence-corrected chi connectivity index (χ0v) is 11.8. The van der Waals surface area contributed by atoms with E-state index in [1.807, 2.05) is 37.3 Å². The van der Waals surface area contributed by atoms with E-state index in [-0.39, 0.29) is 30.8 Å². The third-order valence-corrected chi connectivity index (χ3v) is 3.10. The Bertz CT molecular complexity index is 417. The van der Waals surface area contributed by atoms with Crippen LogP contribution >= 0.6 is 0 Å². The summed E-state index contributed by atoms with van der Waals surface area (Å²) < 4.78 is 4.81. The van der Waals surface area contributed by atoms with Crippen LogP contribution in [0.2, 0.25) is 0 Å². The Kier molecular flexibility index (Phi) is 6.06. The van der Waals surface area contributed by atoms with Crippen molar-refractivity contribution in [3.05, 3.63) is 35.9 Å². The minimum Gasteiger partial charge on any atom is -0.466 e. The maximum Gasteiger partial charge on any atom is 0.306 e. The first kappa shape index (κ1) is 15.2. The van der Waals surface area contributed by atoms with Gasteiger partial charge in [-0.1, -0.05) is 30.3 Å². The monoisotopic (exact) mass is 263 g/mol. The fourth-order valence-corrected chi connectivity index (χ4v) is 1.79. The molecule has 0 aliphatic heterocycles. The molecule has 0 bridgehead atoms. The van der Waals surface area contributed by atoms with Crippen LogP contribution in [-0.4, -0.2) is 30.4 Å². The van der Waals surface area contributed by atoms with Crippen molar-refractivity contribution in [3.8, 4) is 0 Å². The van der Waals surface area contributed by atoms with Gasteiger partial charge >= 0.3 is 5.97 Å². The molecule has 1 atom stereocenters. The lowest BCUT2D eigenvalue weighted by atomic mass is 10.1. The number of hydrogen-bond acceptors (Lipinski definition) is 3. The average Bonchev–Trinajstić information content (AvgIpc) is 2.44. The molecule has 0 aliphatic rings. The molecule has 0 spiro atoms. The zero-order valence-electron chi connectivity index (χ0n) is 11.8. The normalized spacial score (nSPS) is 11.7. The minimum atomic E-state index is -0.323. The molecule has 1 amide bonds. The lowest BCUT2D eigenvalue weighted by molar-refractivity contribution is -0.145. The summed E-state index contributed by atoms with van der Waals surface area (Å²) in [6.07, 6.45) is 0.324. The van der Waals surface area contributed by atoms with E-state index in [4.69, 9.17) is 4.74 Å². The third kappa shape index (κ3) is 4.73. The van der Waals surface area contributed by atoms with Crippen LogP contribution < -0.4 is 0 Å². The highest BCUT2D eigenvalue weighted by atomic mass is 16.5. The van der Waals surface area contributed by atoms with Crippen LogP contribution in [0.3, 0.4) is 0 Å². The number of hydrogen-bond donors (Lipinski definition) is 0. The first-order valence-electron chi connectivity index (χ1n) is 6.52. The van der Waals surface area contributed by atoms with Crippen molar-refractivity contribution in [2.45, 2.75) is 32.7 Å². The van der Waals surface area contributed by atoms with Gasteiger partial charge in [-0.15, -0.1) is 0 Å². The maximum absolute atomic E-state index is 12.0. The molecule has 0 saturated heterocycles. The van der Waals surface area contributed by atoms with Crippen molar-refractivity contribution in [1.82, 2.24) is 4.90 Å².